The highest BCUT2D eigenvalue weighted by molar-refractivity contribution is 6.76. The summed E-state index contributed by atoms with van der Waals surface area (Å²) < 4.78 is 0. The van der Waals surface area contributed by atoms with Crippen molar-refractivity contribution < 1.29 is 0 Å². The second-order valence-electron chi connectivity index (χ2n) is 4.13. The van der Waals surface area contributed by atoms with Crippen LogP contribution in [0, 0.1) is 0 Å². The van der Waals surface area contributed by atoms with Gasteiger partial charge in [-0.05, 0) is 38.0 Å². The molecule has 0 amide bonds. The van der Waals surface area contributed by atoms with Crippen LogP contribution in [0.5, 0.6) is 0 Å². The smallest absolute Gasteiger partial charge is 0.205 e. The third kappa shape index (κ3) is 2.50. The van der Waals surface area contributed by atoms with Gasteiger partial charge in [0.25, 0.3) is 0 Å². The maximum absolute atomic E-state index is 5.99. The number of halogens is 2. The van der Waals surface area contributed by atoms with Gasteiger partial charge in [0.2, 0.25) is 6.71 Å². The lowest BCUT2D eigenvalue weighted by Gasteiger charge is -2.37. The number of rotatable bonds is 3. The molecule has 1 aromatic rings. The van der Waals surface area contributed by atoms with Crippen molar-refractivity contribution in [2.45, 2.75) is 13.3 Å². The van der Waals surface area contributed by atoms with Gasteiger partial charge in [-0.15, -0.1) is 0 Å². The van der Waals surface area contributed by atoms with E-state index in [4.69, 9.17) is 23.2 Å². The molecule has 1 aliphatic rings. The summed E-state index contributed by atoms with van der Waals surface area (Å²) in [6.07, 6.45) is 3.55. The first kappa shape index (κ1) is 11.3. The van der Waals surface area contributed by atoms with E-state index in [1.807, 2.05) is 12.1 Å². The fourth-order valence-corrected chi connectivity index (χ4v) is 2.35. The molecule has 1 aromatic carbocycles. The van der Waals surface area contributed by atoms with E-state index in [0.717, 1.165) is 12.9 Å². The molecule has 1 heterocycles. The van der Waals surface area contributed by atoms with Gasteiger partial charge in [0.05, 0.1) is 10.0 Å². The van der Waals surface area contributed by atoms with E-state index in [-0.39, 0.29) is 0 Å². The highest BCUT2D eigenvalue weighted by Gasteiger charge is 2.31. The van der Waals surface area contributed by atoms with E-state index in [1.165, 1.54) is 18.4 Å². The number of benzene rings is 1. The first-order chi connectivity index (χ1) is 7.20. The molecule has 1 saturated heterocycles. The highest BCUT2D eigenvalue weighted by atomic mass is 35.5. The summed E-state index contributed by atoms with van der Waals surface area (Å²) in [4.78, 5) is 2.47. The minimum Gasteiger partial charge on any atom is -0.317 e. The van der Waals surface area contributed by atoms with Gasteiger partial charge in [0.1, 0.15) is 0 Å². The maximum atomic E-state index is 5.99. The zero-order chi connectivity index (χ0) is 10.8. The van der Waals surface area contributed by atoms with Crippen molar-refractivity contribution in [3.8, 4) is 0 Å². The molecule has 0 aliphatic carbocycles. The van der Waals surface area contributed by atoms with Crippen LogP contribution < -0.4 is 5.46 Å². The van der Waals surface area contributed by atoms with Crippen LogP contribution in [0.4, 0.5) is 0 Å². The molecular weight excluding hydrogens is 228 g/mol. The third-order valence-corrected chi connectivity index (χ3v) is 3.65. The molecule has 1 aliphatic heterocycles. The van der Waals surface area contributed by atoms with E-state index in [0.29, 0.717) is 16.8 Å². The van der Waals surface area contributed by atoms with Gasteiger partial charge in [-0.25, -0.2) is 0 Å². The van der Waals surface area contributed by atoms with E-state index in [2.05, 4.69) is 17.9 Å². The molecule has 80 valence electrons. The number of hydrogen-bond donors (Lipinski definition) is 0. The average molecular weight is 242 g/mol. The first-order valence-electron chi connectivity index (χ1n) is 5.38. The lowest BCUT2D eigenvalue weighted by atomic mass is 9.39. The molecule has 0 saturated carbocycles. The summed E-state index contributed by atoms with van der Waals surface area (Å²) in [7, 11) is 0. The molecule has 0 bridgehead atoms. The Morgan fingerprint density at radius 1 is 1.27 bits per heavy atom. The highest BCUT2D eigenvalue weighted by Crippen LogP contribution is 2.20. The lowest BCUT2D eigenvalue weighted by molar-refractivity contribution is 0.321. The third-order valence-electron chi connectivity index (χ3n) is 2.91. The normalized spacial score (nSPS) is 16.6. The molecule has 4 heteroatoms. The van der Waals surface area contributed by atoms with Crippen molar-refractivity contribution in [1.82, 2.24) is 4.90 Å². The summed E-state index contributed by atoms with van der Waals surface area (Å²) >= 11 is 11.9. The summed E-state index contributed by atoms with van der Waals surface area (Å²) in [5, 5.41) is 1.31. The second-order valence-corrected chi connectivity index (χ2v) is 4.94. The molecule has 0 atom stereocenters. The molecule has 15 heavy (non-hydrogen) atoms. The molecular formula is C11H14BCl2N. The maximum Gasteiger partial charge on any atom is 0.205 e. The zero-order valence-corrected chi connectivity index (χ0v) is 10.4. The Kier molecular flexibility index (Phi) is 3.60. The SMILES string of the molecule is CCCN1CB(c2ccc(Cl)c(Cl)c2)C1. The molecule has 0 N–H and O–H groups in total. The van der Waals surface area contributed by atoms with E-state index < -0.39 is 0 Å². The van der Waals surface area contributed by atoms with Gasteiger partial charge in [0.15, 0.2) is 0 Å². The van der Waals surface area contributed by atoms with Crippen molar-refractivity contribution >= 4 is 35.4 Å². The van der Waals surface area contributed by atoms with Crippen LogP contribution in [0.1, 0.15) is 13.3 Å². The minimum absolute atomic E-state index is 0.644. The van der Waals surface area contributed by atoms with Crippen molar-refractivity contribution in [1.29, 1.82) is 0 Å². The minimum atomic E-state index is 0.644. The molecule has 0 radical (unpaired) electrons. The van der Waals surface area contributed by atoms with Crippen molar-refractivity contribution in [2.75, 3.05) is 19.4 Å². The van der Waals surface area contributed by atoms with Gasteiger partial charge in [0, 0.05) is 0 Å². The van der Waals surface area contributed by atoms with Crippen LogP contribution in [-0.2, 0) is 0 Å². The quantitative estimate of drug-likeness (QED) is 0.736. The van der Waals surface area contributed by atoms with Crippen LogP contribution in [0.25, 0.3) is 0 Å². The topological polar surface area (TPSA) is 3.24 Å². The Hall–Kier alpha value is -0.175. The molecule has 1 nitrogen and oxygen atoms in total. The van der Waals surface area contributed by atoms with Crippen LogP contribution in [0.3, 0.4) is 0 Å². The van der Waals surface area contributed by atoms with Gasteiger partial charge in [-0.3, -0.25) is 0 Å². The Bertz CT molecular complexity index is 350. The fourth-order valence-electron chi connectivity index (χ4n) is 2.05. The summed E-state index contributed by atoms with van der Waals surface area (Å²) in [6.45, 7) is 4.07. The molecule has 0 spiro atoms. The zero-order valence-electron chi connectivity index (χ0n) is 8.84. The molecule has 0 unspecified atom stereocenters. The monoisotopic (exact) mass is 241 g/mol. The lowest BCUT2D eigenvalue weighted by Crippen LogP contribution is -2.60. The van der Waals surface area contributed by atoms with Crippen molar-refractivity contribution in [2.24, 2.45) is 0 Å². The number of hydrogen-bond acceptors (Lipinski definition) is 1. The van der Waals surface area contributed by atoms with Crippen LogP contribution >= 0.6 is 23.2 Å². The van der Waals surface area contributed by atoms with Crippen LogP contribution in [0.2, 0.25) is 10.0 Å². The predicted molar refractivity (Wildman–Crippen MR) is 68.6 cm³/mol. The van der Waals surface area contributed by atoms with Gasteiger partial charge in [-0.2, -0.15) is 0 Å². The Balaban J connectivity index is 1.98. The van der Waals surface area contributed by atoms with Crippen LogP contribution in [0.15, 0.2) is 18.2 Å². The first-order valence-corrected chi connectivity index (χ1v) is 6.13. The van der Waals surface area contributed by atoms with Gasteiger partial charge in [-0.1, -0.05) is 41.7 Å². The Morgan fingerprint density at radius 2 is 2.00 bits per heavy atom. The van der Waals surface area contributed by atoms with Crippen molar-refractivity contribution in [3.05, 3.63) is 28.2 Å². The largest absolute Gasteiger partial charge is 0.317 e. The van der Waals surface area contributed by atoms with Crippen LogP contribution in [-0.4, -0.2) is 31.0 Å². The van der Waals surface area contributed by atoms with E-state index in [1.54, 1.807) is 0 Å². The van der Waals surface area contributed by atoms with E-state index >= 15 is 0 Å². The van der Waals surface area contributed by atoms with E-state index in [9.17, 15) is 0 Å². The Labute approximate surface area is 101 Å². The Morgan fingerprint density at radius 3 is 2.60 bits per heavy atom. The van der Waals surface area contributed by atoms with Gasteiger partial charge < -0.3 is 4.90 Å². The van der Waals surface area contributed by atoms with Crippen molar-refractivity contribution in [3.63, 3.8) is 0 Å². The second kappa shape index (κ2) is 4.77. The summed E-state index contributed by atoms with van der Waals surface area (Å²) in [5.41, 5.74) is 1.32. The standard InChI is InChI=1S/C11H14BCl2N/c1-2-5-15-7-12(8-15)9-3-4-10(13)11(14)6-9/h3-4,6H,2,5,7-8H2,1H3. The fraction of sp³-hybridized carbons (Fsp3) is 0.455. The van der Waals surface area contributed by atoms with Gasteiger partial charge >= 0.3 is 0 Å². The molecule has 2 rings (SSSR count). The average Bonchev–Trinajstić information content (AvgIpc) is 2.16. The molecule has 0 aromatic heterocycles. The number of nitrogens with zero attached hydrogens (tertiary/aromatic N) is 1. The predicted octanol–water partition coefficient (Wildman–Crippen LogP) is 2.50. The summed E-state index contributed by atoms with van der Waals surface area (Å²) in [5.74, 6) is 0. The summed E-state index contributed by atoms with van der Waals surface area (Å²) in [6, 6.07) is 5.97. The molecule has 1 fully saturated rings.